The average Bonchev–Trinajstić information content (AvgIpc) is 2.43. The number of carbonyl (C=O) groups excluding carboxylic acids is 1. The number of nitrogens with one attached hydrogen (secondary N) is 1. The monoisotopic (exact) mass is 390 g/mol. The van der Waals surface area contributed by atoms with E-state index in [1.807, 2.05) is 30.0 Å². The van der Waals surface area contributed by atoms with Crippen molar-refractivity contribution in [1.29, 1.82) is 0 Å². The van der Waals surface area contributed by atoms with E-state index in [9.17, 15) is 4.79 Å². The summed E-state index contributed by atoms with van der Waals surface area (Å²) in [6, 6.07) is 5.55. The van der Waals surface area contributed by atoms with E-state index in [1.165, 1.54) is 0 Å². The highest BCUT2D eigenvalue weighted by Crippen LogP contribution is 2.31. The van der Waals surface area contributed by atoms with E-state index >= 15 is 0 Å². The molecule has 6 heteroatoms. The molecule has 1 amide bonds. The highest BCUT2D eigenvalue weighted by atomic mass is 79.9. The first-order valence-electron chi connectivity index (χ1n) is 6.16. The van der Waals surface area contributed by atoms with E-state index < -0.39 is 0 Å². The van der Waals surface area contributed by atoms with E-state index in [-0.39, 0.29) is 11.9 Å². The van der Waals surface area contributed by atoms with E-state index in [0.717, 1.165) is 14.6 Å². The van der Waals surface area contributed by atoms with Crippen LogP contribution in [0.5, 0.6) is 0 Å². The summed E-state index contributed by atoms with van der Waals surface area (Å²) in [5, 5.41) is 3.25. The van der Waals surface area contributed by atoms with Crippen molar-refractivity contribution >= 4 is 43.5 Å². The molecule has 1 aliphatic heterocycles. The van der Waals surface area contributed by atoms with Crippen molar-refractivity contribution in [3.63, 3.8) is 0 Å². The van der Waals surface area contributed by atoms with Crippen molar-refractivity contribution in [3.8, 4) is 0 Å². The first kappa shape index (κ1) is 14.8. The van der Waals surface area contributed by atoms with Crippen LogP contribution < -0.4 is 5.32 Å². The van der Waals surface area contributed by atoms with E-state index in [4.69, 9.17) is 4.74 Å². The number of para-hydroxylation sites is 1. The predicted octanol–water partition coefficient (Wildman–Crippen LogP) is 2.87. The van der Waals surface area contributed by atoms with Crippen LogP contribution in [0.3, 0.4) is 0 Å². The molecular formula is C13H16Br2N2O2. The smallest absolute Gasteiger partial charge is 0.244 e. The molecule has 0 aliphatic carbocycles. The van der Waals surface area contributed by atoms with E-state index in [1.54, 1.807) is 0 Å². The van der Waals surface area contributed by atoms with Gasteiger partial charge in [-0.25, -0.2) is 0 Å². The van der Waals surface area contributed by atoms with Crippen molar-refractivity contribution in [3.05, 3.63) is 27.1 Å². The second-order valence-electron chi connectivity index (χ2n) is 4.40. The molecule has 1 saturated heterocycles. The normalized spacial score (nSPS) is 17.1. The number of carbonyl (C=O) groups is 1. The number of hydrogen-bond donors (Lipinski definition) is 1. The Morgan fingerprint density at radius 2 is 1.89 bits per heavy atom. The molecule has 2 rings (SSSR count). The number of hydrogen-bond acceptors (Lipinski definition) is 3. The van der Waals surface area contributed by atoms with Gasteiger partial charge in [0, 0.05) is 22.0 Å². The van der Waals surface area contributed by atoms with Crippen LogP contribution in [-0.2, 0) is 9.53 Å². The van der Waals surface area contributed by atoms with Gasteiger partial charge in [0.15, 0.2) is 0 Å². The van der Waals surface area contributed by atoms with Crippen molar-refractivity contribution < 1.29 is 9.53 Å². The predicted molar refractivity (Wildman–Crippen MR) is 82.3 cm³/mol. The first-order chi connectivity index (χ1) is 9.09. The molecule has 19 heavy (non-hydrogen) atoms. The molecule has 0 radical (unpaired) electrons. The topological polar surface area (TPSA) is 41.6 Å². The third kappa shape index (κ3) is 3.70. The lowest BCUT2D eigenvalue weighted by atomic mass is 10.2. The molecule has 1 unspecified atom stereocenters. The molecule has 0 spiro atoms. The zero-order valence-electron chi connectivity index (χ0n) is 10.7. The molecule has 1 aromatic rings. The standard InChI is InChI=1S/C13H16Br2N2O2/c1-9(13(18)17-5-7-19-8-6-17)16-12-10(14)3-2-4-11(12)15/h2-4,9,16H,5-8H2,1H3. The summed E-state index contributed by atoms with van der Waals surface area (Å²) in [5.74, 6) is 0.103. The number of rotatable bonds is 3. The highest BCUT2D eigenvalue weighted by Gasteiger charge is 2.23. The number of anilines is 1. The van der Waals surface area contributed by atoms with Gasteiger partial charge in [0.1, 0.15) is 6.04 Å². The molecule has 1 fully saturated rings. The average molecular weight is 392 g/mol. The van der Waals surface area contributed by atoms with Gasteiger partial charge in [-0.2, -0.15) is 0 Å². The molecule has 104 valence electrons. The SMILES string of the molecule is CC(Nc1c(Br)cccc1Br)C(=O)N1CCOCC1. The Morgan fingerprint density at radius 1 is 1.32 bits per heavy atom. The van der Waals surface area contributed by atoms with Gasteiger partial charge in [0.2, 0.25) is 5.91 Å². The fourth-order valence-electron chi connectivity index (χ4n) is 1.97. The third-order valence-electron chi connectivity index (χ3n) is 3.02. The molecule has 4 nitrogen and oxygen atoms in total. The van der Waals surface area contributed by atoms with Gasteiger partial charge < -0.3 is 15.0 Å². The van der Waals surface area contributed by atoms with Gasteiger partial charge >= 0.3 is 0 Å². The Balaban J connectivity index is 2.03. The number of morpholine rings is 1. The lowest BCUT2D eigenvalue weighted by molar-refractivity contribution is -0.135. The molecule has 1 heterocycles. The van der Waals surface area contributed by atoms with Gasteiger partial charge in [-0.15, -0.1) is 0 Å². The lowest BCUT2D eigenvalue weighted by Gasteiger charge is -2.30. The second kappa shape index (κ2) is 6.72. The number of nitrogens with zero attached hydrogens (tertiary/aromatic N) is 1. The number of ether oxygens (including phenoxy) is 1. The molecule has 1 aromatic carbocycles. The molecule has 1 N–H and O–H groups in total. The number of amides is 1. The Kier molecular flexibility index (Phi) is 5.24. The molecular weight excluding hydrogens is 376 g/mol. The number of benzene rings is 1. The molecule has 0 saturated carbocycles. The minimum Gasteiger partial charge on any atom is -0.378 e. The van der Waals surface area contributed by atoms with Gasteiger partial charge in [-0.3, -0.25) is 4.79 Å². The maximum atomic E-state index is 12.3. The summed E-state index contributed by atoms with van der Waals surface area (Å²) in [6.45, 7) is 4.46. The summed E-state index contributed by atoms with van der Waals surface area (Å²) < 4.78 is 7.12. The summed E-state index contributed by atoms with van der Waals surface area (Å²) in [5.41, 5.74) is 0.900. The van der Waals surface area contributed by atoms with Crippen LogP contribution in [0.15, 0.2) is 27.1 Å². The minimum atomic E-state index is -0.270. The maximum Gasteiger partial charge on any atom is 0.244 e. The Hall–Kier alpha value is -0.590. The highest BCUT2D eigenvalue weighted by molar-refractivity contribution is 9.11. The Morgan fingerprint density at radius 3 is 2.47 bits per heavy atom. The van der Waals surface area contributed by atoms with Crippen LogP contribution in [0.25, 0.3) is 0 Å². The zero-order valence-corrected chi connectivity index (χ0v) is 13.8. The van der Waals surface area contributed by atoms with Crippen molar-refractivity contribution in [2.75, 3.05) is 31.6 Å². The summed E-state index contributed by atoms with van der Waals surface area (Å²) in [6.07, 6.45) is 0. The third-order valence-corrected chi connectivity index (χ3v) is 4.34. The van der Waals surface area contributed by atoms with Crippen molar-refractivity contribution in [1.82, 2.24) is 4.90 Å². The summed E-state index contributed by atoms with van der Waals surface area (Å²) >= 11 is 6.97. The summed E-state index contributed by atoms with van der Waals surface area (Å²) in [7, 11) is 0. The van der Waals surface area contributed by atoms with Gasteiger partial charge in [-0.05, 0) is 50.9 Å². The van der Waals surface area contributed by atoms with Crippen LogP contribution in [0.1, 0.15) is 6.92 Å². The van der Waals surface area contributed by atoms with Gasteiger partial charge in [0.25, 0.3) is 0 Å². The molecule has 0 aromatic heterocycles. The second-order valence-corrected chi connectivity index (χ2v) is 6.11. The Bertz CT molecular complexity index is 442. The van der Waals surface area contributed by atoms with E-state index in [0.29, 0.717) is 26.3 Å². The fourth-order valence-corrected chi connectivity index (χ4v) is 3.20. The minimum absolute atomic E-state index is 0.103. The summed E-state index contributed by atoms with van der Waals surface area (Å²) in [4.78, 5) is 14.1. The van der Waals surface area contributed by atoms with Crippen LogP contribution >= 0.6 is 31.9 Å². The van der Waals surface area contributed by atoms with Crippen LogP contribution in [0.2, 0.25) is 0 Å². The van der Waals surface area contributed by atoms with Gasteiger partial charge in [-0.1, -0.05) is 6.07 Å². The molecule has 1 aliphatic rings. The van der Waals surface area contributed by atoms with Gasteiger partial charge in [0.05, 0.1) is 18.9 Å². The first-order valence-corrected chi connectivity index (χ1v) is 7.75. The zero-order chi connectivity index (χ0) is 13.8. The van der Waals surface area contributed by atoms with Crippen LogP contribution in [0.4, 0.5) is 5.69 Å². The fraction of sp³-hybridized carbons (Fsp3) is 0.462. The van der Waals surface area contributed by atoms with Crippen LogP contribution in [-0.4, -0.2) is 43.2 Å². The van der Waals surface area contributed by atoms with Crippen LogP contribution in [0, 0.1) is 0 Å². The van der Waals surface area contributed by atoms with E-state index in [2.05, 4.69) is 37.2 Å². The largest absolute Gasteiger partial charge is 0.378 e. The van der Waals surface area contributed by atoms with Crippen molar-refractivity contribution in [2.24, 2.45) is 0 Å². The molecule has 0 bridgehead atoms. The Labute approximate surface area is 129 Å². The lowest BCUT2D eigenvalue weighted by Crippen LogP contribution is -2.47. The van der Waals surface area contributed by atoms with Crippen molar-refractivity contribution in [2.45, 2.75) is 13.0 Å². The quantitative estimate of drug-likeness (QED) is 0.861. The maximum absolute atomic E-state index is 12.3. The molecule has 1 atom stereocenters. The number of halogens is 2.